The third-order valence-corrected chi connectivity index (χ3v) is 7.15. The zero-order valence-corrected chi connectivity index (χ0v) is 21.9. The summed E-state index contributed by atoms with van der Waals surface area (Å²) in [5.41, 5.74) is 5.63. The molecule has 0 spiro atoms. The predicted molar refractivity (Wildman–Crippen MR) is 146 cm³/mol. The molecule has 194 valence electrons. The topological polar surface area (TPSA) is 88.5 Å². The number of pyridine rings is 1. The van der Waals surface area contributed by atoms with Crippen LogP contribution in [-0.2, 0) is 16.0 Å². The molecule has 0 radical (unpaired) electrons. The number of hydrogen-bond acceptors (Lipinski definition) is 4. The molecular formula is C31H36N2O4. The lowest BCUT2D eigenvalue weighted by Crippen LogP contribution is -2.27. The van der Waals surface area contributed by atoms with Crippen molar-refractivity contribution >= 4 is 17.6 Å². The van der Waals surface area contributed by atoms with Gasteiger partial charge in [0.05, 0.1) is 18.2 Å². The molecule has 1 atom stereocenters. The Morgan fingerprint density at radius 1 is 1.05 bits per heavy atom. The monoisotopic (exact) mass is 500 g/mol. The number of ether oxygens (including phenoxy) is 1. The summed E-state index contributed by atoms with van der Waals surface area (Å²) >= 11 is 0. The number of carbonyl (C=O) groups excluding carboxylic acids is 1. The first-order chi connectivity index (χ1) is 17.8. The minimum atomic E-state index is -0.825. The largest absolute Gasteiger partial charge is 0.489 e. The van der Waals surface area contributed by atoms with Gasteiger partial charge in [-0.1, -0.05) is 49.2 Å². The van der Waals surface area contributed by atoms with Crippen LogP contribution in [0.15, 0.2) is 60.9 Å². The van der Waals surface area contributed by atoms with Crippen molar-refractivity contribution in [2.24, 2.45) is 5.92 Å². The fourth-order valence-electron chi connectivity index (χ4n) is 5.27. The summed E-state index contributed by atoms with van der Waals surface area (Å²) in [6.07, 6.45) is 8.49. The normalized spacial score (nSPS) is 14.5. The molecule has 1 aliphatic rings. The first-order valence-electron chi connectivity index (χ1n) is 13.1. The average Bonchev–Trinajstić information content (AvgIpc) is 3.39. The van der Waals surface area contributed by atoms with Crippen molar-refractivity contribution in [3.05, 3.63) is 77.6 Å². The summed E-state index contributed by atoms with van der Waals surface area (Å²) in [5.74, 6) is -0.0421. The SMILES string of the molecule is Cc1c(CCC(=O)O)cccc1NC(=O)[C@@H](c1ccc(-c2cncc(OC(C)C)c2)cc1)C1CCCC1. The highest BCUT2D eigenvalue weighted by molar-refractivity contribution is 5.97. The van der Waals surface area contributed by atoms with E-state index in [2.05, 4.69) is 34.6 Å². The van der Waals surface area contributed by atoms with Crippen LogP contribution < -0.4 is 10.1 Å². The van der Waals surface area contributed by atoms with Crippen molar-refractivity contribution < 1.29 is 19.4 Å². The quantitative estimate of drug-likeness (QED) is 0.321. The van der Waals surface area contributed by atoms with Gasteiger partial charge >= 0.3 is 5.97 Å². The Morgan fingerprint density at radius 3 is 2.46 bits per heavy atom. The standard InChI is InChI=1S/C31H36N2O4/c1-20(2)37-27-17-26(18-32-19-27)23-11-13-25(14-12-23)30(24-7-4-5-8-24)31(36)33-28-10-6-9-22(21(28)3)15-16-29(34)35/h6,9-14,17-20,24,30H,4-5,7-8,15-16H2,1-3H3,(H,33,36)(H,34,35)/t30-/m1/s1. The maximum absolute atomic E-state index is 13.7. The Hall–Kier alpha value is -3.67. The first kappa shape index (κ1) is 26.4. The van der Waals surface area contributed by atoms with Gasteiger partial charge in [-0.05, 0) is 80.3 Å². The van der Waals surface area contributed by atoms with Gasteiger partial charge in [0, 0.05) is 23.9 Å². The number of rotatable bonds is 10. The molecule has 1 aliphatic carbocycles. The molecule has 0 unspecified atom stereocenters. The van der Waals surface area contributed by atoms with Gasteiger partial charge in [-0.3, -0.25) is 14.6 Å². The second kappa shape index (κ2) is 12.0. The number of benzene rings is 2. The summed E-state index contributed by atoms with van der Waals surface area (Å²) in [7, 11) is 0. The van der Waals surface area contributed by atoms with Crippen LogP contribution in [0.4, 0.5) is 5.69 Å². The Balaban J connectivity index is 1.56. The van der Waals surface area contributed by atoms with Crippen molar-refractivity contribution in [3.63, 3.8) is 0 Å². The third kappa shape index (κ3) is 6.76. The first-order valence-corrected chi connectivity index (χ1v) is 13.1. The van der Waals surface area contributed by atoms with Gasteiger partial charge in [0.25, 0.3) is 0 Å². The van der Waals surface area contributed by atoms with Gasteiger partial charge in [-0.15, -0.1) is 0 Å². The summed E-state index contributed by atoms with van der Waals surface area (Å²) < 4.78 is 5.79. The second-order valence-corrected chi connectivity index (χ2v) is 10.2. The van der Waals surface area contributed by atoms with Crippen molar-refractivity contribution in [2.75, 3.05) is 5.32 Å². The number of aryl methyl sites for hydroxylation is 1. The molecule has 2 aromatic carbocycles. The molecule has 1 aromatic heterocycles. The minimum Gasteiger partial charge on any atom is -0.489 e. The number of nitrogens with one attached hydrogen (secondary N) is 1. The Labute approximate surface area is 219 Å². The number of carboxylic acids is 1. The number of nitrogens with zero attached hydrogens (tertiary/aromatic N) is 1. The van der Waals surface area contributed by atoms with Crippen LogP contribution in [-0.4, -0.2) is 28.1 Å². The Bertz CT molecular complexity index is 1230. The molecule has 2 N–H and O–H groups in total. The van der Waals surface area contributed by atoms with Crippen LogP contribution in [0.25, 0.3) is 11.1 Å². The van der Waals surface area contributed by atoms with E-state index in [0.717, 1.165) is 64.9 Å². The fourth-order valence-corrected chi connectivity index (χ4v) is 5.27. The lowest BCUT2D eigenvalue weighted by atomic mass is 9.83. The van der Waals surface area contributed by atoms with Crippen LogP contribution in [0, 0.1) is 12.8 Å². The van der Waals surface area contributed by atoms with Crippen molar-refractivity contribution in [1.29, 1.82) is 0 Å². The predicted octanol–water partition coefficient (Wildman–Crippen LogP) is 6.77. The maximum Gasteiger partial charge on any atom is 0.303 e. The summed E-state index contributed by atoms with van der Waals surface area (Å²) in [6.45, 7) is 5.92. The van der Waals surface area contributed by atoms with Crippen LogP contribution in [0.5, 0.6) is 5.75 Å². The summed E-state index contributed by atoms with van der Waals surface area (Å²) in [5, 5.41) is 12.2. The summed E-state index contributed by atoms with van der Waals surface area (Å²) in [4.78, 5) is 29.1. The minimum absolute atomic E-state index is 0.00729. The maximum atomic E-state index is 13.7. The van der Waals surface area contributed by atoms with Crippen LogP contribution >= 0.6 is 0 Å². The molecule has 1 amide bonds. The lowest BCUT2D eigenvalue weighted by Gasteiger charge is -2.24. The fraction of sp³-hybridized carbons (Fsp3) is 0.387. The highest BCUT2D eigenvalue weighted by Gasteiger charge is 2.32. The van der Waals surface area contributed by atoms with Gasteiger partial charge in [-0.25, -0.2) is 0 Å². The molecule has 1 heterocycles. The number of carboxylic acid groups (broad SMARTS) is 1. The van der Waals surface area contributed by atoms with Gasteiger partial charge in [0.15, 0.2) is 0 Å². The van der Waals surface area contributed by atoms with Crippen LogP contribution in [0.1, 0.15) is 68.6 Å². The molecule has 6 nitrogen and oxygen atoms in total. The molecule has 0 aliphatic heterocycles. The average molecular weight is 501 g/mol. The number of amides is 1. The number of aromatic nitrogens is 1. The van der Waals surface area contributed by atoms with Crippen molar-refractivity contribution in [2.45, 2.75) is 71.3 Å². The highest BCUT2D eigenvalue weighted by atomic mass is 16.5. The van der Waals surface area contributed by atoms with Crippen molar-refractivity contribution in [1.82, 2.24) is 4.98 Å². The number of carbonyl (C=O) groups is 2. The molecule has 1 fully saturated rings. The van der Waals surface area contributed by atoms with E-state index < -0.39 is 5.97 Å². The van der Waals surface area contributed by atoms with Gasteiger partial charge in [0.1, 0.15) is 5.75 Å². The van der Waals surface area contributed by atoms with Gasteiger partial charge < -0.3 is 15.2 Å². The number of anilines is 1. The molecule has 0 saturated heterocycles. The van der Waals surface area contributed by atoms with Crippen LogP contribution in [0.2, 0.25) is 0 Å². The Morgan fingerprint density at radius 2 is 1.78 bits per heavy atom. The van der Waals surface area contributed by atoms with E-state index in [4.69, 9.17) is 9.84 Å². The zero-order chi connectivity index (χ0) is 26.4. The molecule has 3 aromatic rings. The Kier molecular flexibility index (Phi) is 8.59. The molecule has 37 heavy (non-hydrogen) atoms. The highest BCUT2D eigenvalue weighted by Crippen LogP contribution is 2.39. The van der Waals surface area contributed by atoms with E-state index in [9.17, 15) is 9.59 Å². The van der Waals surface area contributed by atoms with E-state index in [-0.39, 0.29) is 24.3 Å². The van der Waals surface area contributed by atoms with Crippen molar-refractivity contribution in [3.8, 4) is 16.9 Å². The van der Waals surface area contributed by atoms with Gasteiger partial charge in [-0.2, -0.15) is 0 Å². The molecule has 6 heteroatoms. The van der Waals surface area contributed by atoms with E-state index in [0.29, 0.717) is 12.3 Å². The number of aliphatic carboxylic acids is 1. The van der Waals surface area contributed by atoms with Gasteiger partial charge in [0.2, 0.25) is 5.91 Å². The third-order valence-electron chi connectivity index (χ3n) is 7.15. The van der Waals surface area contributed by atoms with E-state index in [1.54, 1.807) is 6.20 Å². The lowest BCUT2D eigenvalue weighted by molar-refractivity contribution is -0.137. The van der Waals surface area contributed by atoms with E-state index >= 15 is 0 Å². The molecule has 0 bridgehead atoms. The summed E-state index contributed by atoms with van der Waals surface area (Å²) in [6, 6.07) is 15.9. The number of hydrogen-bond donors (Lipinski definition) is 2. The molecular weight excluding hydrogens is 464 g/mol. The van der Waals surface area contributed by atoms with Crippen LogP contribution in [0.3, 0.4) is 0 Å². The smallest absolute Gasteiger partial charge is 0.303 e. The second-order valence-electron chi connectivity index (χ2n) is 10.2. The van der Waals surface area contributed by atoms with E-state index in [1.165, 1.54) is 0 Å². The van der Waals surface area contributed by atoms with E-state index in [1.807, 2.05) is 51.2 Å². The molecule has 1 saturated carbocycles. The zero-order valence-electron chi connectivity index (χ0n) is 21.9. The molecule has 4 rings (SSSR count).